The highest BCUT2D eigenvalue weighted by molar-refractivity contribution is 8.13. The predicted octanol–water partition coefficient (Wildman–Crippen LogP) is 2.74. The summed E-state index contributed by atoms with van der Waals surface area (Å²) in [6.07, 6.45) is -0.624. The Bertz CT molecular complexity index is 471. The molecule has 1 rings (SSSR count). The summed E-state index contributed by atoms with van der Waals surface area (Å²) >= 11 is 0. The maximum Gasteiger partial charge on any atom is 0.267 e. The predicted molar refractivity (Wildman–Crippen MR) is 59.5 cm³/mol. The summed E-state index contributed by atoms with van der Waals surface area (Å²) in [6, 6.07) is 6.55. The summed E-state index contributed by atoms with van der Waals surface area (Å²) in [5.74, 6) is -4.68. The lowest BCUT2D eigenvalue weighted by molar-refractivity contribution is 0.0267. The Labute approximate surface area is 97.7 Å². The van der Waals surface area contributed by atoms with Gasteiger partial charge in [0, 0.05) is 17.1 Å². The molecule has 0 heterocycles. The van der Waals surface area contributed by atoms with Crippen LogP contribution in [0.15, 0.2) is 24.3 Å². The first-order chi connectivity index (χ1) is 7.18. The largest absolute Gasteiger partial charge is 0.267 e. The van der Waals surface area contributed by atoms with Crippen molar-refractivity contribution in [1.82, 2.24) is 0 Å². The second-order valence-corrected chi connectivity index (χ2v) is 6.48. The summed E-state index contributed by atoms with van der Waals surface area (Å²) in [5.41, 5.74) is 1.24. The molecule has 16 heavy (non-hydrogen) atoms. The van der Waals surface area contributed by atoms with E-state index in [2.05, 4.69) is 0 Å². The summed E-state index contributed by atoms with van der Waals surface area (Å²) < 4.78 is 47.7. The molecule has 0 aliphatic carbocycles. The molecule has 1 aromatic rings. The molecule has 0 unspecified atom stereocenters. The Morgan fingerprint density at radius 3 is 2.50 bits per heavy atom. The molecule has 0 saturated heterocycles. The van der Waals surface area contributed by atoms with Gasteiger partial charge in [-0.15, -0.1) is 0 Å². The van der Waals surface area contributed by atoms with Crippen molar-refractivity contribution in [3.05, 3.63) is 35.4 Å². The van der Waals surface area contributed by atoms with Crippen LogP contribution in [0.2, 0.25) is 0 Å². The molecule has 0 fully saturated rings. The van der Waals surface area contributed by atoms with E-state index in [-0.39, 0.29) is 0 Å². The van der Waals surface area contributed by atoms with Gasteiger partial charge in [0.25, 0.3) is 5.92 Å². The molecular formula is C10H11ClF2O2S. The van der Waals surface area contributed by atoms with Crippen LogP contribution >= 0.6 is 10.7 Å². The normalized spacial score (nSPS) is 12.8. The van der Waals surface area contributed by atoms with E-state index in [1.54, 1.807) is 25.1 Å². The summed E-state index contributed by atoms with van der Waals surface area (Å²) in [6.45, 7) is 1.78. The zero-order chi connectivity index (χ0) is 12.4. The van der Waals surface area contributed by atoms with Gasteiger partial charge in [-0.05, 0) is 12.5 Å². The fourth-order valence-electron chi connectivity index (χ4n) is 1.42. The van der Waals surface area contributed by atoms with Crippen molar-refractivity contribution in [2.45, 2.75) is 19.3 Å². The SMILES string of the molecule is Cc1cccc(CC(F)(F)CS(=O)(=O)Cl)c1. The molecule has 0 bridgehead atoms. The highest BCUT2D eigenvalue weighted by Gasteiger charge is 2.34. The highest BCUT2D eigenvalue weighted by Crippen LogP contribution is 2.23. The van der Waals surface area contributed by atoms with Crippen LogP contribution in [0.5, 0.6) is 0 Å². The van der Waals surface area contributed by atoms with Crippen molar-refractivity contribution >= 4 is 19.7 Å². The molecule has 0 aliphatic heterocycles. The molecule has 6 heteroatoms. The second-order valence-electron chi connectivity index (χ2n) is 3.70. The average Bonchev–Trinajstić information content (AvgIpc) is 1.96. The van der Waals surface area contributed by atoms with Gasteiger partial charge in [-0.1, -0.05) is 29.8 Å². The first kappa shape index (κ1) is 13.4. The van der Waals surface area contributed by atoms with Crippen LogP contribution in [-0.2, 0) is 15.5 Å². The molecule has 0 atom stereocenters. The van der Waals surface area contributed by atoms with Gasteiger partial charge in [0.15, 0.2) is 0 Å². The van der Waals surface area contributed by atoms with Crippen LogP contribution in [0.1, 0.15) is 11.1 Å². The van der Waals surface area contributed by atoms with Gasteiger partial charge in [-0.3, -0.25) is 0 Å². The first-order valence-corrected chi connectivity index (χ1v) is 7.01. The van der Waals surface area contributed by atoms with E-state index >= 15 is 0 Å². The maximum absolute atomic E-state index is 13.3. The van der Waals surface area contributed by atoms with E-state index in [0.717, 1.165) is 5.56 Å². The van der Waals surface area contributed by atoms with Crippen molar-refractivity contribution in [2.24, 2.45) is 0 Å². The van der Waals surface area contributed by atoms with Gasteiger partial charge in [0.2, 0.25) is 9.05 Å². The Hall–Kier alpha value is -0.680. The minimum atomic E-state index is -4.19. The number of alkyl halides is 2. The number of halogens is 3. The lowest BCUT2D eigenvalue weighted by Gasteiger charge is -2.14. The molecule has 0 aliphatic rings. The smallest absolute Gasteiger partial charge is 0.212 e. The summed E-state index contributed by atoms with van der Waals surface area (Å²) in [4.78, 5) is 0. The van der Waals surface area contributed by atoms with Crippen molar-refractivity contribution in [3.63, 3.8) is 0 Å². The molecule has 0 spiro atoms. The van der Waals surface area contributed by atoms with Gasteiger partial charge >= 0.3 is 0 Å². The number of rotatable bonds is 4. The van der Waals surface area contributed by atoms with Crippen LogP contribution in [0.3, 0.4) is 0 Å². The van der Waals surface area contributed by atoms with E-state index in [0.29, 0.717) is 5.56 Å². The fraction of sp³-hybridized carbons (Fsp3) is 0.400. The summed E-state index contributed by atoms with van der Waals surface area (Å²) in [7, 11) is 0.618. The molecule has 2 nitrogen and oxygen atoms in total. The van der Waals surface area contributed by atoms with Crippen LogP contribution in [0, 0.1) is 6.92 Å². The lowest BCUT2D eigenvalue weighted by Crippen LogP contribution is -2.28. The zero-order valence-corrected chi connectivity index (χ0v) is 10.2. The number of hydrogen-bond donors (Lipinski definition) is 0. The fourth-order valence-corrected chi connectivity index (χ4v) is 2.51. The maximum atomic E-state index is 13.3. The molecule has 90 valence electrons. The van der Waals surface area contributed by atoms with Crippen LogP contribution in [-0.4, -0.2) is 20.1 Å². The highest BCUT2D eigenvalue weighted by atomic mass is 35.7. The number of benzene rings is 1. The molecule has 1 aromatic carbocycles. The van der Waals surface area contributed by atoms with Crippen LogP contribution in [0.25, 0.3) is 0 Å². The topological polar surface area (TPSA) is 34.1 Å². The average molecular weight is 269 g/mol. The van der Waals surface area contributed by atoms with E-state index < -0.39 is 27.1 Å². The second kappa shape index (κ2) is 4.67. The zero-order valence-electron chi connectivity index (χ0n) is 8.58. The van der Waals surface area contributed by atoms with E-state index in [4.69, 9.17) is 10.7 Å². The van der Waals surface area contributed by atoms with E-state index in [1.165, 1.54) is 6.07 Å². The molecule has 0 saturated carbocycles. The molecular weight excluding hydrogens is 258 g/mol. The van der Waals surface area contributed by atoms with Crippen molar-refractivity contribution in [1.29, 1.82) is 0 Å². The molecule has 0 aromatic heterocycles. The first-order valence-electron chi connectivity index (χ1n) is 4.54. The van der Waals surface area contributed by atoms with Crippen molar-refractivity contribution in [2.75, 3.05) is 5.75 Å². The van der Waals surface area contributed by atoms with Crippen molar-refractivity contribution in [3.8, 4) is 0 Å². The lowest BCUT2D eigenvalue weighted by atomic mass is 10.1. The van der Waals surface area contributed by atoms with E-state index in [1.807, 2.05) is 0 Å². The Kier molecular flexibility index (Phi) is 3.91. The molecule has 0 amide bonds. The number of hydrogen-bond acceptors (Lipinski definition) is 2. The number of aryl methyl sites for hydroxylation is 1. The summed E-state index contributed by atoms with van der Waals surface area (Å²) in [5, 5.41) is 0. The van der Waals surface area contributed by atoms with Crippen LogP contribution in [0.4, 0.5) is 8.78 Å². The quantitative estimate of drug-likeness (QED) is 0.787. The Morgan fingerprint density at radius 2 is 2.00 bits per heavy atom. The van der Waals surface area contributed by atoms with E-state index in [9.17, 15) is 17.2 Å². The van der Waals surface area contributed by atoms with Gasteiger partial charge in [-0.2, -0.15) is 0 Å². The third kappa shape index (κ3) is 4.90. The van der Waals surface area contributed by atoms with Crippen molar-refractivity contribution < 1.29 is 17.2 Å². The third-order valence-electron chi connectivity index (χ3n) is 1.93. The van der Waals surface area contributed by atoms with Gasteiger partial charge in [-0.25, -0.2) is 17.2 Å². The molecule has 0 radical (unpaired) electrons. The third-order valence-corrected chi connectivity index (χ3v) is 3.02. The standard InChI is InChI=1S/C10H11ClF2O2S/c1-8-3-2-4-9(5-8)6-10(12,13)7-16(11,14)15/h2-5H,6-7H2,1H3. The van der Waals surface area contributed by atoms with Gasteiger partial charge in [0.1, 0.15) is 5.75 Å². The van der Waals surface area contributed by atoms with Gasteiger partial charge in [0.05, 0.1) is 0 Å². The minimum Gasteiger partial charge on any atom is -0.212 e. The molecule has 0 N–H and O–H groups in total. The Morgan fingerprint density at radius 1 is 1.38 bits per heavy atom. The Balaban J connectivity index is 2.80. The minimum absolute atomic E-state index is 0.394. The monoisotopic (exact) mass is 268 g/mol. The van der Waals surface area contributed by atoms with Gasteiger partial charge < -0.3 is 0 Å². The van der Waals surface area contributed by atoms with Crippen LogP contribution < -0.4 is 0 Å².